The number of rotatable bonds is 5. The van der Waals surface area contributed by atoms with E-state index in [0.29, 0.717) is 39.5 Å². The van der Waals surface area contributed by atoms with Gasteiger partial charge in [0.15, 0.2) is 0 Å². The minimum atomic E-state index is -0.348. The second kappa shape index (κ2) is 7.47. The van der Waals surface area contributed by atoms with Crippen LogP contribution in [0.2, 0.25) is 15.1 Å². The molecule has 0 fully saturated rings. The third kappa shape index (κ3) is 3.81. The topological polar surface area (TPSA) is 64.7 Å². The molecule has 3 rings (SSSR count). The van der Waals surface area contributed by atoms with Gasteiger partial charge in [-0.3, -0.25) is 14.2 Å². The summed E-state index contributed by atoms with van der Waals surface area (Å²) in [6.45, 7) is 2.81. The molecule has 0 saturated carbocycles. The summed E-state index contributed by atoms with van der Waals surface area (Å²) in [6, 6.07) is 5.31. The van der Waals surface area contributed by atoms with Gasteiger partial charge in [-0.15, -0.1) is 0 Å². The molecular weight excluding hydrogens is 385 g/mol. The average Bonchev–Trinajstić information content (AvgIpc) is 3.17. The predicted octanol–water partition coefficient (Wildman–Crippen LogP) is 4.36. The third-order valence-electron chi connectivity index (χ3n) is 3.58. The van der Waals surface area contributed by atoms with Crippen LogP contribution in [0.3, 0.4) is 0 Å². The van der Waals surface area contributed by atoms with E-state index >= 15 is 0 Å². The van der Waals surface area contributed by atoms with E-state index < -0.39 is 0 Å². The van der Waals surface area contributed by atoms with Crippen molar-refractivity contribution in [2.75, 3.05) is 5.32 Å². The zero-order valence-electron chi connectivity index (χ0n) is 13.2. The van der Waals surface area contributed by atoms with Crippen LogP contribution in [0, 0.1) is 0 Å². The Morgan fingerprint density at radius 3 is 2.52 bits per heavy atom. The summed E-state index contributed by atoms with van der Waals surface area (Å²) in [7, 11) is 0. The Bertz CT molecular complexity index is 898. The van der Waals surface area contributed by atoms with E-state index in [4.69, 9.17) is 34.8 Å². The summed E-state index contributed by atoms with van der Waals surface area (Å²) in [5, 5.41) is 12.5. The van der Waals surface area contributed by atoms with E-state index in [0.717, 1.165) is 5.56 Å². The van der Waals surface area contributed by atoms with Gasteiger partial charge in [0.25, 0.3) is 5.91 Å². The second-order valence-electron chi connectivity index (χ2n) is 5.24. The smallest absolute Gasteiger partial charge is 0.275 e. The number of nitrogens with one attached hydrogen (secondary N) is 1. The van der Waals surface area contributed by atoms with Crippen LogP contribution in [0.4, 0.5) is 5.69 Å². The summed E-state index contributed by atoms with van der Waals surface area (Å²) in [6.07, 6.45) is 4.68. The monoisotopic (exact) mass is 397 g/mol. The number of benzene rings is 1. The molecule has 0 bridgehead atoms. The van der Waals surface area contributed by atoms with Crippen molar-refractivity contribution in [1.29, 1.82) is 0 Å². The van der Waals surface area contributed by atoms with Crippen molar-refractivity contribution in [3.63, 3.8) is 0 Å². The number of hydrogen-bond donors (Lipinski definition) is 1. The molecule has 0 aliphatic carbocycles. The third-order valence-corrected chi connectivity index (χ3v) is 4.57. The highest BCUT2D eigenvalue weighted by molar-refractivity contribution is 6.36. The van der Waals surface area contributed by atoms with Crippen LogP contribution >= 0.6 is 34.8 Å². The molecule has 9 heteroatoms. The van der Waals surface area contributed by atoms with Crippen LogP contribution in [0.1, 0.15) is 23.0 Å². The zero-order valence-corrected chi connectivity index (χ0v) is 15.5. The standard InChI is InChI=1S/C16H14Cl3N5O/c1-2-24-15(14(19)7-21-24)16(25)22-10-6-20-23(8-10)9-11-12(17)4-3-5-13(11)18/h3-8H,2,9H2,1H3,(H,22,25). The van der Waals surface area contributed by atoms with Crippen LogP contribution in [0.5, 0.6) is 0 Å². The molecule has 1 amide bonds. The average molecular weight is 399 g/mol. The zero-order chi connectivity index (χ0) is 18.0. The second-order valence-corrected chi connectivity index (χ2v) is 6.46. The van der Waals surface area contributed by atoms with Gasteiger partial charge in [0.2, 0.25) is 0 Å². The van der Waals surface area contributed by atoms with Crippen molar-refractivity contribution in [2.45, 2.75) is 20.0 Å². The Labute approximate surface area is 159 Å². The van der Waals surface area contributed by atoms with Gasteiger partial charge >= 0.3 is 0 Å². The maximum absolute atomic E-state index is 12.4. The summed E-state index contributed by atoms with van der Waals surface area (Å²) < 4.78 is 3.17. The molecule has 0 aliphatic rings. The van der Waals surface area contributed by atoms with Gasteiger partial charge in [-0.25, -0.2) is 0 Å². The highest BCUT2D eigenvalue weighted by Crippen LogP contribution is 2.25. The summed E-state index contributed by atoms with van der Waals surface area (Å²) in [5.74, 6) is -0.348. The lowest BCUT2D eigenvalue weighted by Crippen LogP contribution is -2.17. The van der Waals surface area contributed by atoms with Crippen molar-refractivity contribution in [1.82, 2.24) is 19.6 Å². The minimum Gasteiger partial charge on any atom is -0.318 e. The summed E-state index contributed by atoms with van der Waals surface area (Å²) >= 11 is 18.4. The van der Waals surface area contributed by atoms with Gasteiger partial charge < -0.3 is 5.32 Å². The van der Waals surface area contributed by atoms with Crippen molar-refractivity contribution < 1.29 is 4.79 Å². The molecule has 0 atom stereocenters. The fraction of sp³-hybridized carbons (Fsp3) is 0.188. The van der Waals surface area contributed by atoms with E-state index in [1.807, 2.05) is 6.92 Å². The van der Waals surface area contributed by atoms with Crippen molar-refractivity contribution in [2.24, 2.45) is 0 Å². The first kappa shape index (κ1) is 17.8. The van der Waals surface area contributed by atoms with Crippen molar-refractivity contribution >= 4 is 46.4 Å². The Morgan fingerprint density at radius 1 is 1.12 bits per heavy atom. The van der Waals surface area contributed by atoms with Crippen LogP contribution < -0.4 is 5.32 Å². The number of hydrogen-bond acceptors (Lipinski definition) is 3. The molecule has 130 valence electrons. The maximum Gasteiger partial charge on any atom is 0.275 e. The summed E-state index contributed by atoms with van der Waals surface area (Å²) in [4.78, 5) is 12.4. The Balaban J connectivity index is 1.76. The van der Waals surface area contributed by atoms with Gasteiger partial charge in [0.05, 0.1) is 29.6 Å². The molecule has 0 saturated heterocycles. The molecule has 6 nitrogen and oxygen atoms in total. The lowest BCUT2D eigenvalue weighted by Gasteiger charge is -2.07. The highest BCUT2D eigenvalue weighted by Gasteiger charge is 2.17. The number of aryl methyl sites for hydroxylation is 1. The van der Waals surface area contributed by atoms with E-state index in [-0.39, 0.29) is 5.91 Å². The van der Waals surface area contributed by atoms with Crippen molar-refractivity contribution in [3.8, 4) is 0 Å². The number of halogens is 3. The fourth-order valence-corrected chi connectivity index (χ4v) is 3.12. The Kier molecular flexibility index (Phi) is 5.32. The van der Waals surface area contributed by atoms with Gasteiger partial charge in [0.1, 0.15) is 5.69 Å². The minimum absolute atomic E-state index is 0.301. The lowest BCUT2D eigenvalue weighted by atomic mass is 10.2. The number of anilines is 1. The van der Waals surface area contributed by atoms with E-state index in [1.165, 1.54) is 10.9 Å². The lowest BCUT2D eigenvalue weighted by molar-refractivity contribution is 0.101. The number of amides is 1. The number of carbonyl (C=O) groups excluding carboxylic acids is 1. The Hall–Kier alpha value is -2.02. The molecule has 0 radical (unpaired) electrons. The molecule has 2 heterocycles. The number of carbonyl (C=O) groups is 1. The van der Waals surface area contributed by atoms with E-state index in [1.54, 1.807) is 35.3 Å². The van der Waals surface area contributed by atoms with Gasteiger partial charge in [0, 0.05) is 28.4 Å². The van der Waals surface area contributed by atoms with Crippen LogP contribution in [0.15, 0.2) is 36.8 Å². The maximum atomic E-state index is 12.4. The first-order valence-electron chi connectivity index (χ1n) is 7.47. The molecule has 0 unspecified atom stereocenters. The summed E-state index contributed by atoms with van der Waals surface area (Å²) in [5.41, 5.74) is 1.61. The quantitative estimate of drug-likeness (QED) is 0.694. The normalized spacial score (nSPS) is 10.9. The molecule has 1 N–H and O–H groups in total. The molecule has 1 aromatic carbocycles. The van der Waals surface area contributed by atoms with E-state index in [2.05, 4.69) is 15.5 Å². The molecular formula is C16H14Cl3N5O. The first-order chi connectivity index (χ1) is 12.0. The van der Waals surface area contributed by atoms with E-state index in [9.17, 15) is 4.79 Å². The fourth-order valence-electron chi connectivity index (χ4n) is 2.38. The first-order valence-corrected chi connectivity index (χ1v) is 8.61. The van der Waals surface area contributed by atoms with Gasteiger partial charge in [-0.05, 0) is 19.1 Å². The number of nitrogens with zero attached hydrogens (tertiary/aromatic N) is 4. The Morgan fingerprint density at radius 2 is 1.84 bits per heavy atom. The van der Waals surface area contributed by atoms with Crippen LogP contribution in [-0.2, 0) is 13.1 Å². The van der Waals surface area contributed by atoms with Gasteiger partial charge in [-0.2, -0.15) is 10.2 Å². The van der Waals surface area contributed by atoms with Gasteiger partial charge in [-0.1, -0.05) is 40.9 Å². The molecule has 0 aliphatic heterocycles. The largest absolute Gasteiger partial charge is 0.318 e. The highest BCUT2D eigenvalue weighted by atomic mass is 35.5. The molecule has 25 heavy (non-hydrogen) atoms. The number of aromatic nitrogens is 4. The molecule has 2 aromatic heterocycles. The van der Waals surface area contributed by atoms with Crippen molar-refractivity contribution in [3.05, 3.63) is 63.1 Å². The predicted molar refractivity (Wildman–Crippen MR) is 98.7 cm³/mol. The molecule has 3 aromatic rings. The molecule has 0 spiro atoms. The van der Waals surface area contributed by atoms with Crippen LogP contribution in [-0.4, -0.2) is 25.5 Å². The van der Waals surface area contributed by atoms with Crippen LogP contribution in [0.25, 0.3) is 0 Å². The SMILES string of the molecule is CCn1ncc(Cl)c1C(=O)Nc1cnn(Cc2c(Cl)cccc2Cl)c1.